The van der Waals surface area contributed by atoms with E-state index in [-0.39, 0.29) is 5.91 Å². The van der Waals surface area contributed by atoms with Gasteiger partial charge in [0.15, 0.2) is 0 Å². The highest BCUT2D eigenvalue weighted by Crippen LogP contribution is 2.35. The van der Waals surface area contributed by atoms with Crippen molar-refractivity contribution in [3.8, 4) is 11.5 Å². The third-order valence-corrected chi connectivity index (χ3v) is 5.68. The quantitative estimate of drug-likeness (QED) is 0.420. The van der Waals surface area contributed by atoms with Gasteiger partial charge in [0.1, 0.15) is 23.2 Å². The standard InChI is InChI=1S/C26H31NO3/c1-19(2)7-9-21-17-24(12-8-20(21)3)30-23-13-10-22(11-14-23)27-25(29)26(18-28)15-5-4-6-16-26/h7-14,17-19H,4-6,15-16H2,1-3H3,(H,27,29)/b9-7-. The van der Waals surface area contributed by atoms with Gasteiger partial charge in [0, 0.05) is 5.69 Å². The number of anilines is 1. The molecule has 2 aromatic rings. The fourth-order valence-corrected chi connectivity index (χ4v) is 3.74. The Morgan fingerprint density at radius 3 is 2.33 bits per heavy atom. The van der Waals surface area contributed by atoms with E-state index in [0.717, 1.165) is 36.9 Å². The van der Waals surface area contributed by atoms with Crippen LogP contribution in [0, 0.1) is 18.3 Å². The first-order chi connectivity index (χ1) is 14.4. The molecular formula is C26H31NO3. The van der Waals surface area contributed by atoms with Crippen molar-refractivity contribution < 1.29 is 14.3 Å². The summed E-state index contributed by atoms with van der Waals surface area (Å²) < 4.78 is 6.00. The molecule has 158 valence electrons. The zero-order valence-corrected chi connectivity index (χ0v) is 18.1. The molecule has 3 rings (SSSR count). The van der Waals surface area contributed by atoms with Gasteiger partial charge in [-0.2, -0.15) is 0 Å². The van der Waals surface area contributed by atoms with Gasteiger partial charge < -0.3 is 14.8 Å². The second-order valence-electron chi connectivity index (χ2n) is 8.54. The van der Waals surface area contributed by atoms with Crippen molar-refractivity contribution in [3.63, 3.8) is 0 Å². The van der Waals surface area contributed by atoms with E-state index in [2.05, 4.69) is 38.2 Å². The molecule has 2 aromatic carbocycles. The minimum absolute atomic E-state index is 0.203. The van der Waals surface area contributed by atoms with Crippen LogP contribution in [-0.4, -0.2) is 12.2 Å². The number of carbonyl (C=O) groups excluding carboxylic acids is 2. The van der Waals surface area contributed by atoms with Crippen LogP contribution in [0.15, 0.2) is 48.5 Å². The molecule has 30 heavy (non-hydrogen) atoms. The molecule has 0 saturated heterocycles. The van der Waals surface area contributed by atoms with Crippen molar-refractivity contribution in [2.24, 2.45) is 11.3 Å². The molecule has 0 bridgehead atoms. The summed E-state index contributed by atoms with van der Waals surface area (Å²) in [5.74, 6) is 1.75. The predicted molar refractivity (Wildman–Crippen MR) is 122 cm³/mol. The van der Waals surface area contributed by atoms with Crippen LogP contribution in [0.1, 0.15) is 57.1 Å². The number of allylic oxidation sites excluding steroid dienone is 1. The van der Waals surface area contributed by atoms with Crippen LogP contribution in [0.5, 0.6) is 11.5 Å². The second-order valence-corrected chi connectivity index (χ2v) is 8.54. The third kappa shape index (κ3) is 5.38. The molecule has 0 atom stereocenters. The lowest BCUT2D eigenvalue weighted by Crippen LogP contribution is -2.39. The smallest absolute Gasteiger partial charge is 0.237 e. The molecule has 0 aliphatic heterocycles. The SMILES string of the molecule is Cc1ccc(Oc2ccc(NC(=O)C3(C=O)CCCCC3)cc2)cc1/C=C\C(C)C. The highest BCUT2D eigenvalue weighted by atomic mass is 16.5. The van der Waals surface area contributed by atoms with Gasteiger partial charge >= 0.3 is 0 Å². The molecule has 0 aromatic heterocycles. The molecule has 0 heterocycles. The van der Waals surface area contributed by atoms with Gasteiger partial charge in [-0.05, 0) is 73.2 Å². The number of rotatable bonds is 7. The van der Waals surface area contributed by atoms with E-state index in [0.29, 0.717) is 30.2 Å². The number of aldehydes is 1. The largest absolute Gasteiger partial charge is 0.457 e. The fourth-order valence-electron chi connectivity index (χ4n) is 3.74. The van der Waals surface area contributed by atoms with E-state index in [1.54, 1.807) is 0 Å². The van der Waals surface area contributed by atoms with E-state index in [9.17, 15) is 9.59 Å². The summed E-state index contributed by atoms with van der Waals surface area (Å²) in [5, 5.41) is 2.90. The summed E-state index contributed by atoms with van der Waals surface area (Å²) in [7, 11) is 0. The highest BCUT2D eigenvalue weighted by molar-refractivity contribution is 6.04. The van der Waals surface area contributed by atoms with Crippen molar-refractivity contribution in [1.82, 2.24) is 0 Å². The Balaban J connectivity index is 1.67. The molecule has 0 radical (unpaired) electrons. The maximum absolute atomic E-state index is 12.7. The van der Waals surface area contributed by atoms with Gasteiger partial charge in [-0.15, -0.1) is 0 Å². The van der Waals surface area contributed by atoms with Crippen LogP contribution in [0.2, 0.25) is 0 Å². The minimum Gasteiger partial charge on any atom is -0.457 e. The average Bonchev–Trinajstić information content (AvgIpc) is 2.75. The molecule has 0 unspecified atom stereocenters. The first kappa shape index (κ1) is 21.8. The molecular weight excluding hydrogens is 374 g/mol. The van der Waals surface area contributed by atoms with E-state index in [4.69, 9.17) is 4.74 Å². The minimum atomic E-state index is -0.880. The summed E-state index contributed by atoms with van der Waals surface area (Å²) in [6.45, 7) is 6.38. The first-order valence-electron chi connectivity index (χ1n) is 10.8. The molecule has 0 spiro atoms. The topological polar surface area (TPSA) is 55.4 Å². The van der Waals surface area contributed by atoms with Gasteiger partial charge in [-0.1, -0.05) is 51.3 Å². The molecule has 1 aliphatic rings. The number of nitrogens with one attached hydrogen (secondary N) is 1. The second kappa shape index (κ2) is 9.75. The molecule has 1 aliphatic carbocycles. The first-order valence-corrected chi connectivity index (χ1v) is 10.8. The Morgan fingerprint density at radius 1 is 1.03 bits per heavy atom. The zero-order chi connectivity index (χ0) is 21.6. The Labute approximate surface area is 179 Å². The summed E-state index contributed by atoms with van der Waals surface area (Å²) in [6, 6.07) is 13.3. The molecule has 1 fully saturated rings. The van der Waals surface area contributed by atoms with Crippen molar-refractivity contribution in [2.45, 2.75) is 52.9 Å². The van der Waals surface area contributed by atoms with E-state index in [1.165, 1.54) is 5.56 Å². The van der Waals surface area contributed by atoms with E-state index < -0.39 is 5.41 Å². The highest BCUT2D eigenvalue weighted by Gasteiger charge is 2.39. The lowest BCUT2D eigenvalue weighted by atomic mass is 9.74. The van der Waals surface area contributed by atoms with Gasteiger partial charge in [0.05, 0.1) is 0 Å². The summed E-state index contributed by atoms with van der Waals surface area (Å²) in [4.78, 5) is 24.3. The summed E-state index contributed by atoms with van der Waals surface area (Å²) in [5.41, 5.74) is 2.12. The molecule has 4 heteroatoms. The van der Waals surface area contributed by atoms with E-state index >= 15 is 0 Å². The maximum Gasteiger partial charge on any atom is 0.237 e. The summed E-state index contributed by atoms with van der Waals surface area (Å²) in [6.07, 6.45) is 9.31. The van der Waals surface area contributed by atoms with Crippen LogP contribution < -0.4 is 10.1 Å². The molecule has 1 N–H and O–H groups in total. The fraction of sp³-hybridized carbons (Fsp3) is 0.385. The van der Waals surface area contributed by atoms with Crippen molar-refractivity contribution >= 4 is 24.0 Å². The number of amides is 1. The van der Waals surface area contributed by atoms with Crippen molar-refractivity contribution in [2.75, 3.05) is 5.32 Å². The number of aryl methyl sites for hydroxylation is 1. The number of hydrogen-bond acceptors (Lipinski definition) is 3. The van der Waals surface area contributed by atoms with Crippen molar-refractivity contribution in [3.05, 3.63) is 59.7 Å². The van der Waals surface area contributed by atoms with Crippen molar-refractivity contribution in [1.29, 1.82) is 0 Å². The zero-order valence-electron chi connectivity index (χ0n) is 18.1. The Kier molecular flexibility index (Phi) is 7.09. The maximum atomic E-state index is 12.7. The molecule has 1 saturated carbocycles. The Hall–Kier alpha value is -2.88. The number of benzene rings is 2. The van der Waals surface area contributed by atoms with Crippen LogP contribution >= 0.6 is 0 Å². The Bertz CT molecular complexity index is 906. The number of ether oxygens (including phenoxy) is 1. The van der Waals surface area contributed by atoms with Gasteiger partial charge in [-0.25, -0.2) is 0 Å². The van der Waals surface area contributed by atoms with Gasteiger partial charge in [0.2, 0.25) is 5.91 Å². The van der Waals surface area contributed by atoms with Gasteiger partial charge in [-0.3, -0.25) is 4.79 Å². The van der Waals surface area contributed by atoms with Crippen LogP contribution in [0.3, 0.4) is 0 Å². The number of carbonyl (C=O) groups is 2. The third-order valence-electron chi connectivity index (χ3n) is 5.68. The molecule has 1 amide bonds. The van der Waals surface area contributed by atoms with E-state index in [1.807, 2.05) is 42.5 Å². The van der Waals surface area contributed by atoms with Crippen LogP contribution in [-0.2, 0) is 9.59 Å². The number of hydrogen-bond donors (Lipinski definition) is 1. The van der Waals surface area contributed by atoms with Crippen LogP contribution in [0.4, 0.5) is 5.69 Å². The average molecular weight is 406 g/mol. The Morgan fingerprint density at radius 2 is 1.70 bits per heavy atom. The monoisotopic (exact) mass is 405 g/mol. The molecule has 4 nitrogen and oxygen atoms in total. The summed E-state index contributed by atoms with van der Waals surface area (Å²) >= 11 is 0. The lowest BCUT2D eigenvalue weighted by Gasteiger charge is -2.30. The van der Waals surface area contributed by atoms with Crippen LogP contribution in [0.25, 0.3) is 6.08 Å². The van der Waals surface area contributed by atoms with Gasteiger partial charge in [0.25, 0.3) is 0 Å². The lowest BCUT2D eigenvalue weighted by molar-refractivity contribution is -0.134. The normalized spacial score (nSPS) is 15.9. The predicted octanol–water partition coefficient (Wildman–Crippen LogP) is 6.54.